The summed E-state index contributed by atoms with van der Waals surface area (Å²) < 4.78 is 5.33. The van der Waals surface area contributed by atoms with Crippen LogP contribution in [0.4, 0.5) is 0 Å². The summed E-state index contributed by atoms with van der Waals surface area (Å²) in [4.78, 5) is 0. The molecule has 0 radical (unpaired) electrons. The van der Waals surface area contributed by atoms with Gasteiger partial charge in [0.05, 0.1) is 12.6 Å². The van der Waals surface area contributed by atoms with E-state index in [1.165, 1.54) is 63.5 Å². The van der Waals surface area contributed by atoms with Crippen molar-refractivity contribution in [1.82, 2.24) is 5.01 Å². The predicted molar refractivity (Wildman–Crippen MR) is 80.5 cm³/mol. The Labute approximate surface area is 118 Å². The van der Waals surface area contributed by atoms with Crippen molar-refractivity contribution in [2.24, 2.45) is 11.0 Å². The van der Waals surface area contributed by atoms with E-state index in [0.29, 0.717) is 12.0 Å². The van der Waals surface area contributed by atoms with Gasteiger partial charge in [-0.15, -0.1) is 0 Å². The minimum Gasteiger partial charge on any atom is -0.382 e. The van der Waals surface area contributed by atoms with E-state index >= 15 is 0 Å². The number of hydrogen-bond acceptors (Lipinski definition) is 3. The molecule has 0 amide bonds. The normalized spacial score (nSPS) is 32.1. The molecule has 1 heterocycles. The first kappa shape index (κ1) is 14.8. The summed E-state index contributed by atoms with van der Waals surface area (Å²) >= 11 is 0. The Hall–Kier alpha value is -0.570. The largest absolute Gasteiger partial charge is 0.382 e. The molecule has 3 heteroatoms. The highest BCUT2D eigenvalue weighted by Crippen LogP contribution is 2.23. The Morgan fingerprint density at radius 3 is 2.74 bits per heavy atom. The Morgan fingerprint density at radius 1 is 1.11 bits per heavy atom. The van der Waals surface area contributed by atoms with Crippen molar-refractivity contribution in [3.8, 4) is 0 Å². The number of nitrogens with zero attached hydrogens (tertiary/aromatic N) is 2. The number of hydrogen-bond donors (Lipinski definition) is 0. The Balaban J connectivity index is 2.00. The lowest BCUT2D eigenvalue weighted by molar-refractivity contribution is 0.117. The topological polar surface area (TPSA) is 24.8 Å². The molecule has 2 atom stereocenters. The predicted octanol–water partition coefficient (Wildman–Crippen LogP) is 3.83. The Morgan fingerprint density at radius 2 is 1.89 bits per heavy atom. The van der Waals surface area contributed by atoms with Crippen molar-refractivity contribution < 1.29 is 4.74 Å². The third-order valence-electron chi connectivity index (χ3n) is 4.60. The summed E-state index contributed by atoms with van der Waals surface area (Å²) in [5, 5.41) is 7.34. The van der Waals surface area contributed by atoms with Gasteiger partial charge in [-0.25, -0.2) is 0 Å². The molecule has 19 heavy (non-hydrogen) atoms. The van der Waals surface area contributed by atoms with Gasteiger partial charge in [0.15, 0.2) is 0 Å². The Bertz CT molecular complexity index is 290. The average Bonchev–Trinajstić information content (AvgIpc) is 2.86. The first-order chi connectivity index (χ1) is 9.31. The van der Waals surface area contributed by atoms with Crippen LogP contribution in [0.25, 0.3) is 0 Å². The van der Waals surface area contributed by atoms with Gasteiger partial charge in [-0.3, -0.25) is 5.01 Å². The summed E-state index contributed by atoms with van der Waals surface area (Å²) in [6, 6.07) is 0.511. The van der Waals surface area contributed by atoms with Gasteiger partial charge in [0.1, 0.15) is 0 Å². The summed E-state index contributed by atoms with van der Waals surface area (Å²) in [5.41, 5.74) is 1.45. The van der Waals surface area contributed by atoms with Crippen molar-refractivity contribution in [3.63, 3.8) is 0 Å². The third kappa shape index (κ3) is 4.48. The maximum Gasteiger partial charge on any atom is 0.0704 e. The standard InChI is InChI=1S/C16H30N2O/c1-14-9-6-4-3-5-7-11-16(14)17-18-12-8-10-15(18)13-19-2/h14-15H,3-13H2,1-2H3/b17-16+/t14-,15+/m1/s1. The van der Waals surface area contributed by atoms with Crippen molar-refractivity contribution >= 4 is 5.71 Å². The first-order valence-electron chi connectivity index (χ1n) is 8.14. The third-order valence-corrected chi connectivity index (χ3v) is 4.60. The molecule has 0 aromatic carbocycles. The molecule has 1 aliphatic heterocycles. The molecular weight excluding hydrogens is 236 g/mol. The van der Waals surface area contributed by atoms with Gasteiger partial charge in [0, 0.05) is 19.4 Å². The van der Waals surface area contributed by atoms with Gasteiger partial charge in [-0.05, 0) is 38.0 Å². The van der Waals surface area contributed by atoms with Crippen molar-refractivity contribution in [2.45, 2.75) is 70.8 Å². The Kier molecular flexibility index (Phi) is 6.15. The summed E-state index contributed by atoms with van der Waals surface area (Å²) in [6.45, 7) is 4.31. The highest BCUT2D eigenvalue weighted by Gasteiger charge is 2.24. The second-order valence-corrected chi connectivity index (χ2v) is 6.21. The molecule has 2 aliphatic rings. The van der Waals surface area contributed by atoms with Crippen LogP contribution < -0.4 is 0 Å². The van der Waals surface area contributed by atoms with Crippen molar-refractivity contribution in [2.75, 3.05) is 20.3 Å². The molecule has 0 aromatic heterocycles. The van der Waals surface area contributed by atoms with Crippen molar-refractivity contribution in [3.05, 3.63) is 0 Å². The van der Waals surface area contributed by atoms with Gasteiger partial charge in [-0.1, -0.05) is 32.6 Å². The van der Waals surface area contributed by atoms with Crippen LogP contribution in [0.2, 0.25) is 0 Å². The van der Waals surface area contributed by atoms with Crippen molar-refractivity contribution in [1.29, 1.82) is 0 Å². The van der Waals surface area contributed by atoms with Crippen LogP contribution in [0.5, 0.6) is 0 Å². The van der Waals surface area contributed by atoms with Crippen LogP contribution in [-0.2, 0) is 4.74 Å². The summed E-state index contributed by atoms with van der Waals surface area (Å²) in [7, 11) is 1.80. The van der Waals surface area contributed by atoms with E-state index in [4.69, 9.17) is 9.84 Å². The van der Waals surface area contributed by atoms with E-state index in [2.05, 4.69) is 11.9 Å². The molecule has 1 aliphatic carbocycles. The number of hydrazone groups is 1. The number of methoxy groups -OCH3 is 1. The molecule has 0 aromatic rings. The maximum atomic E-state index is 5.33. The second kappa shape index (κ2) is 7.88. The van der Waals surface area contributed by atoms with E-state index in [1.54, 1.807) is 7.11 Å². The summed E-state index contributed by atoms with van der Waals surface area (Å²) in [5.74, 6) is 0.668. The van der Waals surface area contributed by atoms with Crippen LogP contribution in [0.3, 0.4) is 0 Å². The quantitative estimate of drug-likeness (QED) is 0.775. The van der Waals surface area contributed by atoms with Gasteiger partial charge in [0.25, 0.3) is 0 Å². The lowest BCUT2D eigenvalue weighted by Crippen LogP contribution is -2.30. The molecule has 0 bridgehead atoms. The zero-order valence-corrected chi connectivity index (χ0v) is 12.7. The van der Waals surface area contributed by atoms with E-state index < -0.39 is 0 Å². The van der Waals surface area contributed by atoms with E-state index in [-0.39, 0.29) is 0 Å². The molecular formula is C16H30N2O. The molecule has 1 saturated heterocycles. The second-order valence-electron chi connectivity index (χ2n) is 6.21. The van der Waals surface area contributed by atoms with Crippen LogP contribution >= 0.6 is 0 Å². The summed E-state index contributed by atoms with van der Waals surface area (Å²) in [6.07, 6.45) is 11.9. The molecule has 0 spiro atoms. The monoisotopic (exact) mass is 266 g/mol. The van der Waals surface area contributed by atoms with Crippen LogP contribution in [-0.4, -0.2) is 37.0 Å². The molecule has 2 fully saturated rings. The van der Waals surface area contributed by atoms with Gasteiger partial charge in [0.2, 0.25) is 0 Å². The SMILES string of the molecule is COC[C@@H]1CCCN1/N=C1\CCCCCCC[C@H]1C. The number of ether oxygens (including phenoxy) is 1. The molecule has 3 nitrogen and oxygen atoms in total. The van der Waals surface area contributed by atoms with Gasteiger partial charge < -0.3 is 4.74 Å². The minimum absolute atomic E-state index is 0.511. The smallest absolute Gasteiger partial charge is 0.0704 e. The van der Waals surface area contributed by atoms with Gasteiger partial charge in [-0.2, -0.15) is 5.10 Å². The zero-order valence-electron chi connectivity index (χ0n) is 12.7. The van der Waals surface area contributed by atoms with E-state index in [9.17, 15) is 0 Å². The zero-order chi connectivity index (χ0) is 13.5. The minimum atomic E-state index is 0.511. The lowest BCUT2D eigenvalue weighted by Gasteiger charge is -2.24. The van der Waals surface area contributed by atoms with Crippen LogP contribution in [0.15, 0.2) is 5.10 Å². The fourth-order valence-electron chi connectivity index (χ4n) is 3.33. The van der Waals surface area contributed by atoms with Crippen LogP contribution in [0.1, 0.15) is 64.7 Å². The number of rotatable bonds is 3. The fourth-order valence-corrected chi connectivity index (χ4v) is 3.33. The average molecular weight is 266 g/mol. The molecule has 2 rings (SSSR count). The molecule has 0 N–H and O–H groups in total. The maximum absolute atomic E-state index is 5.33. The highest BCUT2D eigenvalue weighted by molar-refractivity contribution is 5.86. The molecule has 110 valence electrons. The van der Waals surface area contributed by atoms with Crippen LogP contribution in [0, 0.1) is 5.92 Å². The fraction of sp³-hybridized carbons (Fsp3) is 0.938. The molecule has 0 unspecified atom stereocenters. The van der Waals surface area contributed by atoms with E-state index in [0.717, 1.165) is 13.2 Å². The first-order valence-corrected chi connectivity index (χ1v) is 8.14. The van der Waals surface area contributed by atoms with Gasteiger partial charge >= 0.3 is 0 Å². The lowest BCUT2D eigenvalue weighted by atomic mass is 9.97. The van der Waals surface area contributed by atoms with E-state index in [1.807, 2.05) is 0 Å². The molecule has 1 saturated carbocycles. The highest BCUT2D eigenvalue weighted by atomic mass is 16.5.